The zero-order valence-corrected chi connectivity index (χ0v) is 16.0. The quantitative estimate of drug-likeness (QED) is 0.849. The molecular weight excluding hydrogens is 364 g/mol. The molecule has 0 bridgehead atoms. The zero-order valence-electron chi connectivity index (χ0n) is 15.1. The van der Waals surface area contributed by atoms with Crippen molar-refractivity contribution in [3.05, 3.63) is 71.8 Å². The number of benzene rings is 2. The van der Waals surface area contributed by atoms with E-state index in [4.69, 9.17) is 18.9 Å². The molecule has 6 atom stereocenters. The van der Waals surface area contributed by atoms with Gasteiger partial charge in [-0.15, -0.1) is 11.8 Å². The number of rotatable bonds is 5. The third-order valence-electron chi connectivity index (χ3n) is 4.90. The Hall–Kier alpha value is -1.41. The van der Waals surface area contributed by atoms with Gasteiger partial charge in [0.25, 0.3) is 0 Å². The number of methoxy groups -OCH3 is 1. The molecule has 0 saturated carbocycles. The van der Waals surface area contributed by atoms with Gasteiger partial charge in [0.1, 0.15) is 18.3 Å². The summed E-state index contributed by atoms with van der Waals surface area (Å²) in [6.45, 7) is 0.402. The largest absolute Gasteiger partial charge is 0.387 e. The molecular formula is C21H24O5S. The normalized spacial score (nSPS) is 33.4. The van der Waals surface area contributed by atoms with Gasteiger partial charge in [0.05, 0.1) is 11.9 Å². The fourth-order valence-corrected chi connectivity index (χ4v) is 4.83. The van der Waals surface area contributed by atoms with Gasteiger partial charge < -0.3 is 24.1 Å². The van der Waals surface area contributed by atoms with E-state index >= 15 is 0 Å². The molecule has 2 fully saturated rings. The van der Waals surface area contributed by atoms with Crippen molar-refractivity contribution >= 4 is 11.8 Å². The van der Waals surface area contributed by atoms with Crippen LogP contribution in [0.25, 0.3) is 0 Å². The van der Waals surface area contributed by atoms with E-state index in [1.54, 1.807) is 18.9 Å². The van der Waals surface area contributed by atoms with Crippen LogP contribution in [0.4, 0.5) is 0 Å². The number of hydrogen-bond acceptors (Lipinski definition) is 6. The molecule has 6 heteroatoms. The second-order valence-electron chi connectivity index (χ2n) is 6.71. The molecule has 2 aliphatic heterocycles. The lowest BCUT2D eigenvalue weighted by molar-refractivity contribution is -0.330. The lowest BCUT2D eigenvalue weighted by Gasteiger charge is -2.47. The number of ether oxygens (including phenoxy) is 4. The average Bonchev–Trinajstić information content (AvgIpc) is 2.74. The SMILES string of the molecule is COC1OC2COC(c3ccccc3)OC2C(SCc2ccccc2)C1O. The van der Waals surface area contributed by atoms with E-state index < -0.39 is 18.7 Å². The summed E-state index contributed by atoms with van der Waals surface area (Å²) in [5.74, 6) is 0.780. The Morgan fingerprint density at radius 2 is 1.74 bits per heavy atom. The number of aliphatic hydroxyl groups excluding tert-OH is 1. The van der Waals surface area contributed by atoms with E-state index in [1.807, 2.05) is 48.5 Å². The highest BCUT2D eigenvalue weighted by atomic mass is 32.2. The number of thioether (sulfide) groups is 1. The van der Waals surface area contributed by atoms with Gasteiger partial charge in [-0.05, 0) is 5.56 Å². The van der Waals surface area contributed by atoms with Gasteiger partial charge >= 0.3 is 0 Å². The summed E-state index contributed by atoms with van der Waals surface area (Å²) in [5, 5.41) is 10.6. The molecule has 2 aromatic carbocycles. The molecule has 2 aliphatic rings. The van der Waals surface area contributed by atoms with Crippen molar-refractivity contribution < 1.29 is 24.1 Å². The van der Waals surface area contributed by atoms with Gasteiger partial charge in [-0.3, -0.25) is 0 Å². The Bertz CT molecular complexity index is 713. The molecule has 27 heavy (non-hydrogen) atoms. The topological polar surface area (TPSA) is 57.2 Å². The monoisotopic (exact) mass is 388 g/mol. The molecule has 5 nitrogen and oxygen atoms in total. The van der Waals surface area contributed by atoms with Crippen LogP contribution >= 0.6 is 11.8 Å². The maximum atomic E-state index is 10.8. The standard InChI is InChI=1S/C21H24O5S/c1-23-21-17(22)19(27-13-14-8-4-2-5-9-14)18-16(25-21)12-24-20(26-18)15-10-6-3-7-11-15/h2-11,16-22H,12-13H2,1H3. The van der Waals surface area contributed by atoms with Crippen molar-refractivity contribution in [2.45, 2.75) is 41.9 Å². The van der Waals surface area contributed by atoms with E-state index in [0.717, 1.165) is 11.3 Å². The molecule has 2 saturated heterocycles. The maximum absolute atomic E-state index is 10.8. The van der Waals surface area contributed by atoms with Crippen LogP contribution in [0.1, 0.15) is 17.4 Å². The van der Waals surface area contributed by atoms with Gasteiger partial charge in [0.15, 0.2) is 12.6 Å². The first-order valence-corrected chi connectivity index (χ1v) is 10.1. The fourth-order valence-electron chi connectivity index (χ4n) is 3.49. The van der Waals surface area contributed by atoms with Gasteiger partial charge in [0.2, 0.25) is 0 Å². The van der Waals surface area contributed by atoms with Crippen molar-refractivity contribution in [2.75, 3.05) is 13.7 Å². The zero-order chi connectivity index (χ0) is 18.6. The van der Waals surface area contributed by atoms with Crippen LogP contribution in [-0.4, -0.2) is 48.7 Å². The summed E-state index contributed by atoms with van der Waals surface area (Å²) in [7, 11) is 1.55. The molecule has 144 valence electrons. The molecule has 2 heterocycles. The van der Waals surface area contributed by atoms with Crippen LogP contribution in [0.15, 0.2) is 60.7 Å². The van der Waals surface area contributed by atoms with Crippen LogP contribution in [0.2, 0.25) is 0 Å². The van der Waals surface area contributed by atoms with Crippen LogP contribution in [-0.2, 0) is 24.7 Å². The third kappa shape index (κ3) is 4.21. The van der Waals surface area contributed by atoms with E-state index in [2.05, 4.69) is 12.1 Å². The summed E-state index contributed by atoms with van der Waals surface area (Å²) >= 11 is 1.67. The van der Waals surface area contributed by atoms with Crippen molar-refractivity contribution in [3.8, 4) is 0 Å². The predicted octanol–water partition coefficient (Wildman–Crippen LogP) is 3.13. The summed E-state index contributed by atoms with van der Waals surface area (Å²) in [6, 6.07) is 20.1. The van der Waals surface area contributed by atoms with Crippen molar-refractivity contribution in [3.63, 3.8) is 0 Å². The van der Waals surface area contributed by atoms with E-state index in [-0.39, 0.29) is 17.5 Å². The van der Waals surface area contributed by atoms with Crippen LogP contribution < -0.4 is 0 Å². The summed E-state index contributed by atoms with van der Waals surface area (Å²) in [6.07, 6.45) is -2.47. The second-order valence-corrected chi connectivity index (χ2v) is 7.87. The lowest BCUT2D eigenvalue weighted by atomic mass is 10.0. The molecule has 4 rings (SSSR count). The summed E-state index contributed by atoms with van der Waals surface area (Å²) in [5.41, 5.74) is 2.17. The third-order valence-corrected chi connectivity index (χ3v) is 6.33. The number of hydrogen-bond donors (Lipinski definition) is 1. The highest BCUT2D eigenvalue weighted by Crippen LogP contribution is 2.39. The molecule has 0 amide bonds. The average molecular weight is 388 g/mol. The van der Waals surface area contributed by atoms with Gasteiger partial charge in [0, 0.05) is 18.4 Å². The molecule has 0 spiro atoms. The molecule has 6 unspecified atom stereocenters. The Morgan fingerprint density at radius 1 is 1.04 bits per heavy atom. The molecule has 0 aromatic heterocycles. The van der Waals surface area contributed by atoms with Crippen LogP contribution in [0, 0.1) is 0 Å². The fraction of sp³-hybridized carbons (Fsp3) is 0.429. The lowest BCUT2D eigenvalue weighted by Crippen LogP contribution is -2.61. The van der Waals surface area contributed by atoms with Gasteiger partial charge in [-0.2, -0.15) is 0 Å². The first-order chi connectivity index (χ1) is 13.3. The van der Waals surface area contributed by atoms with E-state index in [9.17, 15) is 5.11 Å². The molecule has 2 aromatic rings. The van der Waals surface area contributed by atoms with Crippen molar-refractivity contribution in [1.29, 1.82) is 0 Å². The minimum absolute atomic E-state index is 0.177. The van der Waals surface area contributed by atoms with Crippen LogP contribution in [0.3, 0.4) is 0 Å². The smallest absolute Gasteiger partial charge is 0.184 e. The highest BCUT2D eigenvalue weighted by molar-refractivity contribution is 7.99. The van der Waals surface area contributed by atoms with Gasteiger partial charge in [-0.1, -0.05) is 60.7 Å². The maximum Gasteiger partial charge on any atom is 0.184 e. The second kappa shape index (κ2) is 8.73. The minimum atomic E-state index is -0.778. The Morgan fingerprint density at radius 3 is 2.44 bits per heavy atom. The molecule has 0 aliphatic carbocycles. The Kier molecular flexibility index (Phi) is 6.12. The minimum Gasteiger partial charge on any atom is -0.387 e. The Balaban J connectivity index is 1.51. The first-order valence-electron chi connectivity index (χ1n) is 9.10. The predicted molar refractivity (Wildman–Crippen MR) is 103 cm³/mol. The van der Waals surface area contributed by atoms with E-state index in [0.29, 0.717) is 6.61 Å². The first kappa shape index (κ1) is 18.9. The summed E-state index contributed by atoms with van der Waals surface area (Å²) in [4.78, 5) is 0. The van der Waals surface area contributed by atoms with Gasteiger partial charge in [-0.25, -0.2) is 0 Å². The highest BCUT2D eigenvalue weighted by Gasteiger charge is 2.49. The van der Waals surface area contributed by atoms with Crippen molar-refractivity contribution in [1.82, 2.24) is 0 Å². The molecule has 1 N–H and O–H groups in total. The molecule has 0 radical (unpaired) electrons. The van der Waals surface area contributed by atoms with Crippen molar-refractivity contribution in [2.24, 2.45) is 0 Å². The number of aliphatic hydroxyl groups is 1. The summed E-state index contributed by atoms with van der Waals surface area (Å²) < 4.78 is 23.4. The Labute approximate surface area is 163 Å². The van der Waals surface area contributed by atoms with E-state index in [1.165, 1.54) is 5.56 Å². The van der Waals surface area contributed by atoms with Crippen LogP contribution in [0.5, 0.6) is 0 Å². The number of fused-ring (bicyclic) bond motifs is 1.